The van der Waals surface area contributed by atoms with E-state index in [1.165, 1.54) is 18.3 Å². The van der Waals surface area contributed by atoms with E-state index in [1.807, 2.05) is 11.4 Å². The fraction of sp³-hybridized carbons (Fsp3) is 0.235. The molecule has 1 aromatic heterocycles. The molecule has 2 rings (SSSR count). The Morgan fingerprint density at radius 1 is 0.957 bits per heavy atom. The predicted octanol–water partition coefficient (Wildman–Crippen LogP) is 3.70. The number of hydrogen-bond donors (Lipinski definition) is 2. The number of rotatable bonds is 7. The molecule has 6 heteroatoms. The Morgan fingerprint density at radius 2 is 1.61 bits per heavy atom. The van der Waals surface area contributed by atoms with Crippen molar-refractivity contribution < 1.29 is 14.4 Å². The number of nitrogens with one attached hydrogen (secondary N) is 2. The molecule has 0 aliphatic carbocycles. The van der Waals surface area contributed by atoms with Crippen molar-refractivity contribution in [2.75, 3.05) is 10.6 Å². The van der Waals surface area contributed by atoms with Crippen molar-refractivity contribution in [2.24, 2.45) is 0 Å². The Hall–Kier alpha value is -2.47. The van der Waals surface area contributed by atoms with E-state index in [-0.39, 0.29) is 17.6 Å². The van der Waals surface area contributed by atoms with Crippen LogP contribution >= 0.6 is 11.3 Å². The topological polar surface area (TPSA) is 75.3 Å². The second kappa shape index (κ2) is 8.24. The van der Waals surface area contributed by atoms with Crippen LogP contribution in [0.25, 0.3) is 0 Å². The second-order valence-electron chi connectivity index (χ2n) is 5.06. The number of carbonyl (C=O) groups excluding carboxylic acids is 3. The highest BCUT2D eigenvalue weighted by Crippen LogP contribution is 2.15. The minimum Gasteiger partial charge on any atom is -0.326 e. The van der Waals surface area contributed by atoms with Crippen LogP contribution in [0.3, 0.4) is 0 Å². The van der Waals surface area contributed by atoms with Crippen molar-refractivity contribution in [1.82, 2.24) is 0 Å². The van der Waals surface area contributed by atoms with Gasteiger partial charge in [0.25, 0.3) is 0 Å². The Labute approximate surface area is 138 Å². The molecule has 0 fully saturated rings. The van der Waals surface area contributed by atoms with E-state index in [0.29, 0.717) is 30.6 Å². The minimum atomic E-state index is -0.141. The molecule has 0 atom stereocenters. The summed E-state index contributed by atoms with van der Waals surface area (Å²) >= 11 is 1.42. The van der Waals surface area contributed by atoms with Crippen molar-refractivity contribution in [3.05, 3.63) is 46.7 Å². The maximum atomic E-state index is 11.9. The molecule has 2 N–H and O–H groups in total. The first-order valence-corrected chi connectivity index (χ1v) is 8.17. The molecule has 1 aromatic carbocycles. The summed E-state index contributed by atoms with van der Waals surface area (Å²) in [6.07, 6.45) is 1.19. The Balaban J connectivity index is 1.74. The van der Waals surface area contributed by atoms with Gasteiger partial charge in [-0.3, -0.25) is 14.4 Å². The predicted molar refractivity (Wildman–Crippen MR) is 91.9 cm³/mol. The van der Waals surface area contributed by atoms with Crippen molar-refractivity contribution in [3.8, 4) is 0 Å². The van der Waals surface area contributed by atoms with Crippen LogP contribution in [0.15, 0.2) is 41.8 Å². The highest BCUT2D eigenvalue weighted by atomic mass is 32.1. The first-order chi connectivity index (χ1) is 11.0. The van der Waals surface area contributed by atoms with E-state index < -0.39 is 0 Å². The normalized spacial score (nSPS) is 10.1. The lowest BCUT2D eigenvalue weighted by Crippen LogP contribution is -2.12. The van der Waals surface area contributed by atoms with Crippen LogP contribution in [0.5, 0.6) is 0 Å². The van der Waals surface area contributed by atoms with Gasteiger partial charge in [0.1, 0.15) is 0 Å². The quantitative estimate of drug-likeness (QED) is 0.760. The van der Waals surface area contributed by atoms with Crippen LogP contribution < -0.4 is 10.6 Å². The molecule has 0 unspecified atom stereocenters. The van der Waals surface area contributed by atoms with Crippen LogP contribution in [-0.4, -0.2) is 17.6 Å². The zero-order chi connectivity index (χ0) is 16.7. The molecule has 0 bridgehead atoms. The van der Waals surface area contributed by atoms with Gasteiger partial charge in [-0.25, -0.2) is 0 Å². The second-order valence-corrected chi connectivity index (χ2v) is 6.01. The smallest absolute Gasteiger partial charge is 0.224 e. The van der Waals surface area contributed by atoms with Gasteiger partial charge in [0, 0.05) is 31.1 Å². The van der Waals surface area contributed by atoms with Gasteiger partial charge in [-0.05, 0) is 42.1 Å². The van der Waals surface area contributed by atoms with Gasteiger partial charge in [0.2, 0.25) is 11.8 Å². The van der Waals surface area contributed by atoms with Crippen molar-refractivity contribution in [3.63, 3.8) is 0 Å². The number of amides is 2. The lowest BCUT2D eigenvalue weighted by atomic mass is 10.1. The van der Waals surface area contributed by atoms with Gasteiger partial charge >= 0.3 is 0 Å². The van der Waals surface area contributed by atoms with E-state index in [2.05, 4.69) is 10.6 Å². The maximum absolute atomic E-state index is 11.9. The number of benzene rings is 1. The number of hydrogen-bond acceptors (Lipinski definition) is 4. The number of anilines is 2. The lowest BCUT2D eigenvalue weighted by molar-refractivity contribution is -0.116. The van der Waals surface area contributed by atoms with Crippen molar-refractivity contribution >= 4 is 40.3 Å². The summed E-state index contributed by atoms with van der Waals surface area (Å²) in [5.41, 5.74) is 1.34. The third kappa shape index (κ3) is 5.67. The average Bonchev–Trinajstić information content (AvgIpc) is 3.03. The number of ketones is 1. The van der Waals surface area contributed by atoms with Gasteiger partial charge in [-0.1, -0.05) is 6.07 Å². The van der Waals surface area contributed by atoms with Gasteiger partial charge in [0.05, 0.1) is 4.88 Å². The number of thiophene rings is 1. The molecular formula is C17H18N2O3S. The Kier molecular flexibility index (Phi) is 6.05. The van der Waals surface area contributed by atoms with Crippen molar-refractivity contribution in [1.29, 1.82) is 0 Å². The Bertz CT molecular complexity index is 678. The summed E-state index contributed by atoms with van der Waals surface area (Å²) in [4.78, 5) is 35.3. The third-order valence-corrected chi connectivity index (χ3v) is 4.00. The molecule has 0 saturated heterocycles. The molecule has 23 heavy (non-hydrogen) atoms. The molecular weight excluding hydrogens is 312 g/mol. The molecule has 0 spiro atoms. The first-order valence-electron chi connectivity index (χ1n) is 7.29. The molecule has 0 saturated carbocycles. The summed E-state index contributed by atoms with van der Waals surface area (Å²) in [5.74, 6) is -0.194. The van der Waals surface area contributed by atoms with E-state index in [0.717, 1.165) is 4.88 Å². The van der Waals surface area contributed by atoms with E-state index in [1.54, 1.807) is 30.3 Å². The fourth-order valence-electron chi connectivity index (χ4n) is 2.03. The van der Waals surface area contributed by atoms with Crippen LogP contribution in [0, 0.1) is 0 Å². The molecule has 5 nitrogen and oxygen atoms in total. The van der Waals surface area contributed by atoms with Crippen molar-refractivity contribution in [2.45, 2.75) is 26.2 Å². The molecule has 0 aliphatic heterocycles. The molecule has 2 aromatic rings. The summed E-state index contributed by atoms with van der Waals surface area (Å²) in [6.45, 7) is 1.44. The fourth-order valence-corrected chi connectivity index (χ4v) is 2.73. The highest BCUT2D eigenvalue weighted by molar-refractivity contribution is 7.12. The van der Waals surface area contributed by atoms with Gasteiger partial charge in [-0.2, -0.15) is 0 Å². The summed E-state index contributed by atoms with van der Waals surface area (Å²) in [5, 5.41) is 7.29. The standard InChI is InChI=1S/C17H18N2O3S/c1-12(20)18-13-7-9-14(10-8-13)19-17(22)6-2-4-15(21)16-5-3-11-23-16/h3,5,7-11H,2,4,6H2,1H3,(H,18,20)(H,19,22). The maximum Gasteiger partial charge on any atom is 0.224 e. The van der Waals surface area contributed by atoms with Crippen LogP contribution in [0.4, 0.5) is 11.4 Å². The summed E-state index contributed by atoms with van der Waals surface area (Å²) in [6, 6.07) is 10.5. The van der Waals surface area contributed by atoms with Crippen LogP contribution in [-0.2, 0) is 9.59 Å². The highest BCUT2D eigenvalue weighted by Gasteiger charge is 2.08. The molecule has 120 valence electrons. The first kappa shape index (κ1) is 16.9. The zero-order valence-corrected chi connectivity index (χ0v) is 13.6. The number of Topliss-reactive ketones (excluding diaryl/α,β-unsaturated/α-hetero) is 1. The largest absolute Gasteiger partial charge is 0.326 e. The summed E-state index contributed by atoms with van der Waals surface area (Å²) < 4.78 is 0. The van der Waals surface area contributed by atoms with Crippen LogP contribution in [0.1, 0.15) is 35.9 Å². The average molecular weight is 330 g/mol. The van der Waals surface area contributed by atoms with Gasteiger partial charge < -0.3 is 10.6 Å². The van der Waals surface area contributed by atoms with Crippen LogP contribution in [0.2, 0.25) is 0 Å². The van der Waals surface area contributed by atoms with E-state index >= 15 is 0 Å². The van der Waals surface area contributed by atoms with E-state index in [4.69, 9.17) is 0 Å². The SMILES string of the molecule is CC(=O)Nc1ccc(NC(=O)CCCC(=O)c2cccs2)cc1. The molecule has 2 amide bonds. The minimum absolute atomic E-state index is 0.0764. The molecule has 0 aliphatic rings. The lowest BCUT2D eigenvalue weighted by Gasteiger charge is -2.07. The van der Waals surface area contributed by atoms with Gasteiger partial charge in [0.15, 0.2) is 5.78 Å². The molecule has 1 heterocycles. The van der Waals surface area contributed by atoms with Gasteiger partial charge in [-0.15, -0.1) is 11.3 Å². The zero-order valence-electron chi connectivity index (χ0n) is 12.8. The monoisotopic (exact) mass is 330 g/mol. The number of carbonyl (C=O) groups is 3. The molecule has 0 radical (unpaired) electrons. The third-order valence-electron chi connectivity index (χ3n) is 3.09. The van der Waals surface area contributed by atoms with E-state index in [9.17, 15) is 14.4 Å². The Morgan fingerprint density at radius 3 is 2.17 bits per heavy atom. The summed E-state index contributed by atoms with van der Waals surface area (Å²) in [7, 11) is 0.